The first-order valence-corrected chi connectivity index (χ1v) is 5.07. The minimum Gasteiger partial charge on any atom is -0.393 e. The fourth-order valence-corrected chi connectivity index (χ4v) is 1.51. The predicted octanol–water partition coefficient (Wildman–Crippen LogP) is 2.86. The lowest BCUT2D eigenvalue weighted by molar-refractivity contribution is 0.168. The van der Waals surface area contributed by atoms with E-state index in [0.29, 0.717) is 6.42 Å². The number of aliphatic hydroxyl groups is 1. The number of benzene rings is 1. The van der Waals surface area contributed by atoms with Crippen LogP contribution in [0.1, 0.15) is 24.0 Å². The van der Waals surface area contributed by atoms with Gasteiger partial charge in [-0.25, -0.2) is 0 Å². The van der Waals surface area contributed by atoms with Crippen molar-refractivity contribution in [3.8, 4) is 0 Å². The molecule has 1 atom stereocenters. The standard InChI is InChI=1S/C13H18O/c1-3-5-13(14)9-8-12-7-4-6-11(2)10-12/h3-4,6-7,10,13-14H,1,5,8-9H2,2H3. The van der Waals surface area contributed by atoms with Gasteiger partial charge in [-0.2, -0.15) is 0 Å². The van der Waals surface area contributed by atoms with Crippen LogP contribution >= 0.6 is 0 Å². The van der Waals surface area contributed by atoms with Crippen molar-refractivity contribution in [2.24, 2.45) is 0 Å². The van der Waals surface area contributed by atoms with Crippen molar-refractivity contribution in [2.75, 3.05) is 0 Å². The molecule has 0 fully saturated rings. The maximum atomic E-state index is 9.51. The Balaban J connectivity index is 2.41. The summed E-state index contributed by atoms with van der Waals surface area (Å²) in [5.41, 5.74) is 2.58. The van der Waals surface area contributed by atoms with Crippen molar-refractivity contribution in [2.45, 2.75) is 32.3 Å². The monoisotopic (exact) mass is 190 g/mol. The molecule has 1 heteroatoms. The van der Waals surface area contributed by atoms with Gasteiger partial charge in [0.05, 0.1) is 6.10 Å². The van der Waals surface area contributed by atoms with Gasteiger partial charge in [0, 0.05) is 0 Å². The van der Waals surface area contributed by atoms with Crippen molar-refractivity contribution >= 4 is 0 Å². The molecule has 0 aromatic heterocycles. The Morgan fingerprint density at radius 2 is 2.29 bits per heavy atom. The zero-order chi connectivity index (χ0) is 10.4. The van der Waals surface area contributed by atoms with Gasteiger partial charge >= 0.3 is 0 Å². The Morgan fingerprint density at radius 3 is 2.93 bits per heavy atom. The summed E-state index contributed by atoms with van der Waals surface area (Å²) >= 11 is 0. The molecule has 1 unspecified atom stereocenters. The van der Waals surface area contributed by atoms with E-state index in [1.807, 2.05) is 0 Å². The Hall–Kier alpha value is -1.08. The number of hydrogen-bond donors (Lipinski definition) is 1. The van der Waals surface area contributed by atoms with Crippen molar-refractivity contribution in [1.29, 1.82) is 0 Å². The van der Waals surface area contributed by atoms with E-state index >= 15 is 0 Å². The van der Waals surface area contributed by atoms with Crippen LogP contribution < -0.4 is 0 Å². The van der Waals surface area contributed by atoms with Crippen LogP contribution in [0.2, 0.25) is 0 Å². The molecule has 1 aromatic carbocycles. The fourth-order valence-electron chi connectivity index (χ4n) is 1.51. The Bertz CT molecular complexity index is 291. The van der Waals surface area contributed by atoms with Crippen molar-refractivity contribution in [3.63, 3.8) is 0 Å². The van der Waals surface area contributed by atoms with Crippen molar-refractivity contribution < 1.29 is 5.11 Å². The maximum absolute atomic E-state index is 9.51. The molecule has 0 saturated heterocycles. The first-order valence-electron chi connectivity index (χ1n) is 5.07. The van der Waals surface area contributed by atoms with Gasteiger partial charge in [0.1, 0.15) is 0 Å². The molecule has 0 heterocycles. The molecule has 1 aromatic rings. The number of aryl methyl sites for hydroxylation is 2. The lowest BCUT2D eigenvalue weighted by atomic mass is 10.0. The highest BCUT2D eigenvalue weighted by Gasteiger charge is 2.01. The van der Waals surface area contributed by atoms with Crippen LogP contribution in [-0.2, 0) is 6.42 Å². The van der Waals surface area contributed by atoms with E-state index in [1.165, 1.54) is 11.1 Å². The topological polar surface area (TPSA) is 20.2 Å². The third kappa shape index (κ3) is 3.75. The molecule has 0 bridgehead atoms. The minimum absolute atomic E-state index is 0.243. The second-order valence-corrected chi connectivity index (χ2v) is 3.71. The Kier molecular flexibility index (Phi) is 4.41. The fraction of sp³-hybridized carbons (Fsp3) is 0.385. The van der Waals surface area contributed by atoms with E-state index in [4.69, 9.17) is 0 Å². The van der Waals surface area contributed by atoms with Crippen molar-refractivity contribution in [1.82, 2.24) is 0 Å². The molecule has 1 rings (SSSR count). The second-order valence-electron chi connectivity index (χ2n) is 3.71. The second kappa shape index (κ2) is 5.61. The van der Waals surface area contributed by atoms with Crippen LogP contribution in [0.25, 0.3) is 0 Å². The summed E-state index contributed by atoms with van der Waals surface area (Å²) < 4.78 is 0. The third-order valence-corrected chi connectivity index (χ3v) is 2.29. The van der Waals surface area contributed by atoms with Crippen LogP contribution in [0, 0.1) is 6.92 Å². The molecule has 0 saturated carbocycles. The van der Waals surface area contributed by atoms with E-state index in [9.17, 15) is 5.11 Å². The number of hydrogen-bond acceptors (Lipinski definition) is 1. The van der Waals surface area contributed by atoms with Crippen LogP contribution in [-0.4, -0.2) is 11.2 Å². The number of rotatable bonds is 5. The van der Waals surface area contributed by atoms with Gasteiger partial charge in [0.2, 0.25) is 0 Å². The lowest BCUT2D eigenvalue weighted by Crippen LogP contribution is -2.06. The van der Waals surface area contributed by atoms with Gasteiger partial charge in [-0.3, -0.25) is 0 Å². The normalized spacial score (nSPS) is 12.4. The minimum atomic E-state index is -0.243. The third-order valence-electron chi connectivity index (χ3n) is 2.29. The highest BCUT2D eigenvalue weighted by molar-refractivity contribution is 5.22. The average Bonchev–Trinajstić information content (AvgIpc) is 2.15. The number of aliphatic hydroxyl groups excluding tert-OH is 1. The van der Waals surface area contributed by atoms with Crippen LogP contribution in [0.15, 0.2) is 36.9 Å². The van der Waals surface area contributed by atoms with Gasteiger partial charge in [-0.1, -0.05) is 35.9 Å². The molecule has 1 N–H and O–H groups in total. The van der Waals surface area contributed by atoms with Crippen LogP contribution in [0.4, 0.5) is 0 Å². The lowest BCUT2D eigenvalue weighted by Gasteiger charge is -2.07. The molecular formula is C13H18O. The maximum Gasteiger partial charge on any atom is 0.0577 e. The van der Waals surface area contributed by atoms with Gasteiger partial charge < -0.3 is 5.11 Å². The van der Waals surface area contributed by atoms with Gasteiger partial charge in [-0.15, -0.1) is 6.58 Å². The van der Waals surface area contributed by atoms with Gasteiger partial charge in [-0.05, 0) is 31.7 Å². The van der Waals surface area contributed by atoms with Crippen LogP contribution in [0.3, 0.4) is 0 Å². The summed E-state index contributed by atoms with van der Waals surface area (Å²) in [6.45, 7) is 5.70. The molecule has 0 amide bonds. The van der Waals surface area contributed by atoms with E-state index < -0.39 is 0 Å². The summed E-state index contributed by atoms with van der Waals surface area (Å²) in [4.78, 5) is 0. The Morgan fingerprint density at radius 1 is 1.50 bits per heavy atom. The summed E-state index contributed by atoms with van der Waals surface area (Å²) in [7, 11) is 0. The molecular weight excluding hydrogens is 172 g/mol. The average molecular weight is 190 g/mol. The highest BCUT2D eigenvalue weighted by atomic mass is 16.3. The molecule has 0 spiro atoms. The summed E-state index contributed by atoms with van der Waals surface area (Å²) in [6, 6.07) is 8.42. The zero-order valence-electron chi connectivity index (χ0n) is 8.74. The smallest absolute Gasteiger partial charge is 0.0577 e. The van der Waals surface area contributed by atoms with Crippen LogP contribution in [0.5, 0.6) is 0 Å². The zero-order valence-corrected chi connectivity index (χ0v) is 8.74. The van der Waals surface area contributed by atoms with E-state index in [-0.39, 0.29) is 6.10 Å². The first kappa shape index (κ1) is 11.0. The quantitative estimate of drug-likeness (QED) is 0.708. The molecule has 1 nitrogen and oxygen atoms in total. The van der Waals surface area contributed by atoms with E-state index in [1.54, 1.807) is 6.08 Å². The van der Waals surface area contributed by atoms with Gasteiger partial charge in [0.15, 0.2) is 0 Å². The molecule has 76 valence electrons. The molecule has 0 aliphatic carbocycles. The summed E-state index contributed by atoms with van der Waals surface area (Å²) in [5.74, 6) is 0. The largest absolute Gasteiger partial charge is 0.393 e. The van der Waals surface area contributed by atoms with Gasteiger partial charge in [0.25, 0.3) is 0 Å². The molecule has 14 heavy (non-hydrogen) atoms. The van der Waals surface area contributed by atoms with E-state index in [0.717, 1.165) is 12.8 Å². The Labute approximate surface area is 86.1 Å². The summed E-state index contributed by atoms with van der Waals surface area (Å²) in [5, 5.41) is 9.51. The predicted molar refractivity (Wildman–Crippen MR) is 60.3 cm³/mol. The first-order chi connectivity index (χ1) is 6.72. The van der Waals surface area contributed by atoms with E-state index in [2.05, 4.69) is 37.8 Å². The molecule has 0 aliphatic rings. The molecule has 0 aliphatic heterocycles. The summed E-state index contributed by atoms with van der Waals surface area (Å²) in [6.07, 6.45) is 3.96. The molecule has 0 radical (unpaired) electrons. The van der Waals surface area contributed by atoms with Crippen molar-refractivity contribution in [3.05, 3.63) is 48.0 Å². The highest BCUT2D eigenvalue weighted by Crippen LogP contribution is 2.09. The SMILES string of the molecule is C=CCC(O)CCc1cccc(C)c1.